The summed E-state index contributed by atoms with van der Waals surface area (Å²) in [6, 6.07) is 6.07. The molecule has 0 saturated carbocycles. The molecule has 1 heterocycles. The maximum absolute atomic E-state index is 11.6. The Bertz CT molecular complexity index is 380. The normalized spacial score (nSPS) is 13.8. The molecule has 1 aromatic rings. The molecule has 1 aromatic carbocycles. The van der Waals surface area contributed by atoms with Crippen LogP contribution in [0.25, 0.3) is 0 Å². The molecule has 0 amide bonds. The van der Waals surface area contributed by atoms with E-state index in [1.54, 1.807) is 0 Å². The molecule has 0 radical (unpaired) electrons. The zero-order chi connectivity index (χ0) is 10.8. The predicted molar refractivity (Wildman–Crippen MR) is 59.2 cm³/mol. The van der Waals surface area contributed by atoms with Crippen molar-refractivity contribution in [1.82, 2.24) is 0 Å². The first kappa shape index (κ1) is 10.2. The first-order chi connectivity index (χ1) is 7.16. The van der Waals surface area contributed by atoms with Crippen molar-refractivity contribution >= 4 is 5.78 Å². The van der Waals surface area contributed by atoms with Gasteiger partial charge in [0.1, 0.15) is 11.5 Å². The third-order valence-corrected chi connectivity index (χ3v) is 2.78. The third kappa shape index (κ3) is 2.20. The summed E-state index contributed by atoms with van der Waals surface area (Å²) in [6.45, 7) is 4.66. The molecular formula is C13H16O2. The summed E-state index contributed by atoms with van der Waals surface area (Å²) in [4.78, 5) is 11.6. The lowest BCUT2D eigenvalue weighted by Crippen LogP contribution is -2.10. The van der Waals surface area contributed by atoms with E-state index in [9.17, 15) is 4.79 Å². The molecule has 0 spiro atoms. The Morgan fingerprint density at radius 1 is 1.47 bits per heavy atom. The summed E-state index contributed by atoms with van der Waals surface area (Å²) in [5.41, 5.74) is 2.35. The Balaban J connectivity index is 2.13. The average Bonchev–Trinajstić information content (AvgIpc) is 2.64. The van der Waals surface area contributed by atoms with Gasteiger partial charge >= 0.3 is 0 Å². The monoisotopic (exact) mass is 204 g/mol. The zero-order valence-electron chi connectivity index (χ0n) is 9.25. The van der Waals surface area contributed by atoms with Gasteiger partial charge in [0, 0.05) is 18.8 Å². The molecule has 0 aliphatic carbocycles. The van der Waals surface area contributed by atoms with Gasteiger partial charge in [-0.1, -0.05) is 26.0 Å². The number of rotatable bonds is 3. The fourth-order valence-electron chi connectivity index (χ4n) is 1.76. The molecule has 2 nitrogen and oxygen atoms in total. The Kier molecular flexibility index (Phi) is 2.76. The van der Waals surface area contributed by atoms with E-state index in [-0.39, 0.29) is 5.92 Å². The molecule has 2 rings (SSSR count). The van der Waals surface area contributed by atoms with Gasteiger partial charge < -0.3 is 4.74 Å². The van der Waals surface area contributed by atoms with Gasteiger partial charge in [-0.15, -0.1) is 0 Å². The molecule has 15 heavy (non-hydrogen) atoms. The summed E-state index contributed by atoms with van der Waals surface area (Å²) in [5.74, 6) is 1.40. The average molecular weight is 204 g/mol. The number of carbonyl (C=O) groups is 1. The zero-order valence-corrected chi connectivity index (χ0v) is 9.25. The van der Waals surface area contributed by atoms with Crippen molar-refractivity contribution in [2.75, 3.05) is 6.61 Å². The van der Waals surface area contributed by atoms with Gasteiger partial charge in [-0.05, 0) is 17.2 Å². The summed E-state index contributed by atoms with van der Waals surface area (Å²) in [7, 11) is 0. The van der Waals surface area contributed by atoms with Crippen LogP contribution in [0.15, 0.2) is 18.2 Å². The van der Waals surface area contributed by atoms with Crippen molar-refractivity contribution in [3.8, 4) is 5.75 Å². The van der Waals surface area contributed by atoms with Crippen molar-refractivity contribution < 1.29 is 9.53 Å². The van der Waals surface area contributed by atoms with Crippen LogP contribution in [0.2, 0.25) is 0 Å². The van der Waals surface area contributed by atoms with Crippen LogP contribution in [0.3, 0.4) is 0 Å². The first-order valence-electron chi connectivity index (χ1n) is 5.44. The third-order valence-electron chi connectivity index (χ3n) is 2.78. The number of benzene rings is 1. The molecule has 0 bridgehead atoms. The van der Waals surface area contributed by atoms with Crippen LogP contribution in [-0.2, 0) is 17.6 Å². The van der Waals surface area contributed by atoms with E-state index in [2.05, 4.69) is 6.07 Å². The number of carbonyl (C=O) groups excluding carboxylic acids is 1. The van der Waals surface area contributed by atoms with Gasteiger partial charge in [0.15, 0.2) is 0 Å². The molecule has 1 aliphatic heterocycles. The number of ketones is 1. The number of ether oxygens (including phenoxy) is 1. The summed E-state index contributed by atoms with van der Waals surface area (Å²) < 4.78 is 5.42. The molecule has 0 aromatic heterocycles. The van der Waals surface area contributed by atoms with E-state index < -0.39 is 0 Å². The van der Waals surface area contributed by atoms with Crippen LogP contribution in [0.5, 0.6) is 5.75 Å². The second-order valence-corrected chi connectivity index (χ2v) is 4.34. The molecule has 0 fully saturated rings. The van der Waals surface area contributed by atoms with E-state index in [1.807, 2.05) is 26.0 Å². The van der Waals surface area contributed by atoms with E-state index in [1.165, 1.54) is 5.56 Å². The first-order valence-corrected chi connectivity index (χ1v) is 5.44. The molecule has 80 valence electrons. The summed E-state index contributed by atoms with van der Waals surface area (Å²) >= 11 is 0. The van der Waals surface area contributed by atoms with Crippen LogP contribution in [0.1, 0.15) is 25.0 Å². The van der Waals surface area contributed by atoms with Gasteiger partial charge in [-0.2, -0.15) is 0 Å². The van der Waals surface area contributed by atoms with Gasteiger partial charge in [0.2, 0.25) is 0 Å². The number of fused-ring (bicyclic) bond motifs is 1. The summed E-state index contributed by atoms with van der Waals surface area (Å²) in [5, 5.41) is 0. The van der Waals surface area contributed by atoms with Gasteiger partial charge in [-0.25, -0.2) is 0 Å². The van der Waals surface area contributed by atoms with Crippen molar-refractivity contribution in [2.24, 2.45) is 5.92 Å². The van der Waals surface area contributed by atoms with Crippen molar-refractivity contribution in [3.63, 3.8) is 0 Å². The molecule has 0 unspecified atom stereocenters. The highest BCUT2D eigenvalue weighted by atomic mass is 16.5. The van der Waals surface area contributed by atoms with Crippen LogP contribution >= 0.6 is 0 Å². The van der Waals surface area contributed by atoms with Crippen molar-refractivity contribution in [3.05, 3.63) is 29.3 Å². The van der Waals surface area contributed by atoms with E-state index in [0.717, 1.165) is 24.3 Å². The van der Waals surface area contributed by atoms with Gasteiger partial charge in [0.05, 0.1) is 6.61 Å². The highest BCUT2D eigenvalue weighted by Crippen LogP contribution is 2.26. The number of hydrogen-bond acceptors (Lipinski definition) is 2. The van der Waals surface area contributed by atoms with E-state index in [0.29, 0.717) is 12.2 Å². The molecule has 2 heteroatoms. The fraction of sp³-hybridized carbons (Fsp3) is 0.462. The largest absolute Gasteiger partial charge is 0.493 e. The predicted octanol–water partition coefficient (Wildman–Crippen LogP) is 2.39. The molecule has 0 N–H and O–H groups in total. The highest BCUT2D eigenvalue weighted by Gasteiger charge is 2.14. The Morgan fingerprint density at radius 2 is 2.27 bits per heavy atom. The second kappa shape index (κ2) is 4.05. The topological polar surface area (TPSA) is 26.3 Å². The standard InChI is InChI=1S/C13H16O2/c1-9(2)12(14)8-10-3-4-13-11(7-10)5-6-15-13/h3-4,7,9H,5-6,8H2,1-2H3. The van der Waals surface area contributed by atoms with E-state index >= 15 is 0 Å². The molecule has 0 saturated heterocycles. The lowest BCUT2D eigenvalue weighted by molar-refractivity contribution is -0.121. The molecular weight excluding hydrogens is 188 g/mol. The Morgan fingerprint density at radius 3 is 3.00 bits per heavy atom. The van der Waals surface area contributed by atoms with Crippen LogP contribution < -0.4 is 4.74 Å². The maximum Gasteiger partial charge on any atom is 0.139 e. The van der Waals surface area contributed by atoms with E-state index in [4.69, 9.17) is 4.74 Å². The SMILES string of the molecule is CC(C)C(=O)Cc1ccc2c(c1)CCO2. The fourth-order valence-corrected chi connectivity index (χ4v) is 1.76. The quantitative estimate of drug-likeness (QED) is 0.755. The number of hydrogen-bond donors (Lipinski definition) is 0. The highest BCUT2D eigenvalue weighted by molar-refractivity contribution is 5.82. The second-order valence-electron chi connectivity index (χ2n) is 4.34. The Hall–Kier alpha value is -1.31. The smallest absolute Gasteiger partial charge is 0.139 e. The van der Waals surface area contributed by atoms with Crippen LogP contribution in [0.4, 0.5) is 0 Å². The van der Waals surface area contributed by atoms with Crippen LogP contribution in [0, 0.1) is 5.92 Å². The molecule has 0 atom stereocenters. The van der Waals surface area contributed by atoms with Crippen molar-refractivity contribution in [2.45, 2.75) is 26.7 Å². The minimum absolute atomic E-state index is 0.120. The number of Topliss-reactive ketones (excluding diaryl/α,β-unsaturated/α-hetero) is 1. The maximum atomic E-state index is 11.6. The minimum Gasteiger partial charge on any atom is -0.493 e. The molecule has 1 aliphatic rings. The summed E-state index contributed by atoms with van der Waals surface area (Å²) in [6.07, 6.45) is 1.52. The lowest BCUT2D eigenvalue weighted by atomic mass is 9.99. The Labute approximate surface area is 90.3 Å². The van der Waals surface area contributed by atoms with Crippen molar-refractivity contribution in [1.29, 1.82) is 0 Å². The van der Waals surface area contributed by atoms with Gasteiger partial charge in [-0.3, -0.25) is 4.79 Å². The van der Waals surface area contributed by atoms with Crippen LogP contribution in [-0.4, -0.2) is 12.4 Å². The van der Waals surface area contributed by atoms with Gasteiger partial charge in [0.25, 0.3) is 0 Å². The minimum atomic E-state index is 0.120. The lowest BCUT2D eigenvalue weighted by Gasteiger charge is -2.05.